The van der Waals surface area contributed by atoms with Gasteiger partial charge in [-0.15, -0.1) is 0 Å². The molecule has 4 nitrogen and oxygen atoms in total. The van der Waals surface area contributed by atoms with Crippen molar-refractivity contribution in [2.75, 3.05) is 12.4 Å². The summed E-state index contributed by atoms with van der Waals surface area (Å²) < 4.78 is 5.08. The number of methoxy groups -OCH3 is 1. The van der Waals surface area contributed by atoms with Crippen LogP contribution >= 0.6 is 11.6 Å². The van der Waals surface area contributed by atoms with Crippen molar-refractivity contribution < 1.29 is 4.74 Å². The van der Waals surface area contributed by atoms with Crippen LogP contribution in [0.25, 0.3) is 0 Å². The van der Waals surface area contributed by atoms with Gasteiger partial charge in [-0.3, -0.25) is 0 Å². The van der Waals surface area contributed by atoms with Crippen molar-refractivity contribution in [1.29, 1.82) is 0 Å². The lowest BCUT2D eigenvalue weighted by Crippen LogP contribution is -1.96. The van der Waals surface area contributed by atoms with E-state index in [0.717, 1.165) is 17.3 Å². The van der Waals surface area contributed by atoms with E-state index in [-0.39, 0.29) is 0 Å². The maximum Gasteiger partial charge on any atom is 0.137 e. The molecule has 88 valence electrons. The molecule has 17 heavy (non-hydrogen) atoms. The van der Waals surface area contributed by atoms with Crippen LogP contribution in [0.2, 0.25) is 5.02 Å². The fourth-order valence-corrected chi connectivity index (χ4v) is 1.68. The predicted molar refractivity (Wildman–Crippen MR) is 68.1 cm³/mol. The Labute approximate surface area is 105 Å². The number of nitrogens with zero attached hydrogens (tertiary/aromatic N) is 2. The molecule has 0 saturated heterocycles. The molecule has 1 heterocycles. The zero-order valence-electron chi connectivity index (χ0n) is 9.57. The molecule has 0 aliphatic carbocycles. The SMILES string of the molecule is COc1ccc(Nc2ccnc(C)n2)cc1Cl. The van der Waals surface area contributed by atoms with E-state index in [1.807, 2.05) is 13.0 Å². The number of ether oxygens (including phenoxy) is 1. The Kier molecular flexibility index (Phi) is 3.44. The lowest BCUT2D eigenvalue weighted by Gasteiger charge is -2.08. The van der Waals surface area contributed by atoms with Gasteiger partial charge < -0.3 is 10.1 Å². The van der Waals surface area contributed by atoms with Crippen molar-refractivity contribution in [3.05, 3.63) is 41.3 Å². The number of rotatable bonds is 3. The summed E-state index contributed by atoms with van der Waals surface area (Å²) in [4.78, 5) is 8.27. The highest BCUT2D eigenvalue weighted by atomic mass is 35.5. The van der Waals surface area contributed by atoms with Crippen LogP contribution in [0.1, 0.15) is 5.82 Å². The van der Waals surface area contributed by atoms with E-state index >= 15 is 0 Å². The summed E-state index contributed by atoms with van der Waals surface area (Å²) in [6.45, 7) is 1.84. The molecule has 0 radical (unpaired) electrons. The summed E-state index contributed by atoms with van der Waals surface area (Å²) in [6, 6.07) is 7.27. The molecule has 0 atom stereocenters. The van der Waals surface area contributed by atoms with Gasteiger partial charge in [0.1, 0.15) is 17.4 Å². The normalized spacial score (nSPS) is 10.1. The Bertz CT molecular complexity index is 531. The minimum Gasteiger partial charge on any atom is -0.495 e. The van der Waals surface area contributed by atoms with Gasteiger partial charge in [0.25, 0.3) is 0 Å². The zero-order chi connectivity index (χ0) is 12.3. The van der Waals surface area contributed by atoms with Crippen LogP contribution in [0, 0.1) is 6.92 Å². The molecule has 0 spiro atoms. The van der Waals surface area contributed by atoms with Crippen molar-refractivity contribution in [3.63, 3.8) is 0 Å². The van der Waals surface area contributed by atoms with E-state index in [1.54, 1.807) is 31.5 Å². The number of anilines is 2. The van der Waals surface area contributed by atoms with E-state index in [9.17, 15) is 0 Å². The van der Waals surface area contributed by atoms with Gasteiger partial charge in [-0.2, -0.15) is 0 Å². The summed E-state index contributed by atoms with van der Waals surface area (Å²) in [7, 11) is 1.59. The molecular formula is C12H12ClN3O. The first-order valence-electron chi connectivity index (χ1n) is 5.09. The van der Waals surface area contributed by atoms with Gasteiger partial charge in [0.15, 0.2) is 0 Å². The van der Waals surface area contributed by atoms with Crippen LogP contribution < -0.4 is 10.1 Å². The van der Waals surface area contributed by atoms with Crippen molar-refractivity contribution in [2.45, 2.75) is 6.92 Å². The maximum atomic E-state index is 6.03. The smallest absolute Gasteiger partial charge is 0.137 e. The number of aryl methyl sites for hydroxylation is 1. The highest BCUT2D eigenvalue weighted by Gasteiger charge is 2.02. The molecular weight excluding hydrogens is 238 g/mol. The fourth-order valence-electron chi connectivity index (χ4n) is 1.42. The largest absolute Gasteiger partial charge is 0.495 e. The molecule has 0 aliphatic heterocycles. The lowest BCUT2D eigenvalue weighted by atomic mass is 10.3. The third-order valence-corrected chi connectivity index (χ3v) is 2.50. The number of benzene rings is 1. The topological polar surface area (TPSA) is 47.0 Å². The molecule has 0 amide bonds. The monoisotopic (exact) mass is 249 g/mol. The van der Waals surface area contributed by atoms with Gasteiger partial charge in [-0.25, -0.2) is 9.97 Å². The average Bonchev–Trinajstić information content (AvgIpc) is 2.29. The number of aromatic nitrogens is 2. The number of hydrogen-bond donors (Lipinski definition) is 1. The summed E-state index contributed by atoms with van der Waals surface area (Å²) >= 11 is 6.03. The molecule has 0 fully saturated rings. The van der Waals surface area contributed by atoms with Gasteiger partial charge in [0, 0.05) is 11.9 Å². The van der Waals surface area contributed by atoms with E-state index in [0.29, 0.717) is 10.8 Å². The maximum absolute atomic E-state index is 6.03. The molecule has 0 unspecified atom stereocenters. The van der Waals surface area contributed by atoms with Crippen molar-refractivity contribution in [1.82, 2.24) is 9.97 Å². The van der Waals surface area contributed by atoms with Crippen LogP contribution in [0.4, 0.5) is 11.5 Å². The molecule has 5 heteroatoms. The first kappa shape index (κ1) is 11.7. The molecule has 2 rings (SSSR count). The van der Waals surface area contributed by atoms with E-state index < -0.39 is 0 Å². The van der Waals surface area contributed by atoms with E-state index in [4.69, 9.17) is 16.3 Å². The van der Waals surface area contributed by atoms with Crippen LogP contribution in [0.3, 0.4) is 0 Å². The first-order chi connectivity index (χ1) is 8.19. The van der Waals surface area contributed by atoms with Gasteiger partial charge in [-0.1, -0.05) is 11.6 Å². The van der Waals surface area contributed by atoms with E-state index in [1.165, 1.54) is 0 Å². The summed E-state index contributed by atoms with van der Waals surface area (Å²) in [5, 5.41) is 3.70. The van der Waals surface area contributed by atoms with Crippen molar-refractivity contribution in [2.24, 2.45) is 0 Å². The Morgan fingerprint density at radius 3 is 2.76 bits per heavy atom. The predicted octanol–water partition coefficient (Wildman–Crippen LogP) is 3.19. The Hall–Kier alpha value is -1.81. The van der Waals surface area contributed by atoms with Crippen LogP contribution in [0.15, 0.2) is 30.5 Å². The standard InChI is InChI=1S/C12H12ClN3O/c1-8-14-6-5-12(15-8)16-9-3-4-11(17-2)10(13)7-9/h3-7H,1-2H3,(H,14,15,16). The fraction of sp³-hybridized carbons (Fsp3) is 0.167. The van der Waals surface area contributed by atoms with Crippen LogP contribution in [-0.2, 0) is 0 Å². The molecule has 1 N–H and O–H groups in total. The number of hydrogen-bond acceptors (Lipinski definition) is 4. The third-order valence-electron chi connectivity index (χ3n) is 2.20. The first-order valence-corrected chi connectivity index (χ1v) is 5.47. The zero-order valence-corrected chi connectivity index (χ0v) is 10.3. The summed E-state index contributed by atoms with van der Waals surface area (Å²) in [5.41, 5.74) is 0.855. The van der Waals surface area contributed by atoms with Crippen LogP contribution in [0.5, 0.6) is 5.75 Å². The molecule has 1 aromatic carbocycles. The van der Waals surface area contributed by atoms with Gasteiger partial charge >= 0.3 is 0 Å². The lowest BCUT2D eigenvalue weighted by molar-refractivity contribution is 0.415. The Morgan fingerprint density at radius 1 is 1.29 bits per heavy atom. The molecule has 2 aromatic rings. The average molecular weight is 250 g/mol. The summed E-state index contributed by atoms with van der Waals surface area (Å²) in [5.74, 6) is 2.10. The Morgan fingerprint density at radius 2 is 2.12 bits per heavy atom. The second-order valence-corrected chi connectivity index (χ2v) is 3.87. The van der Waals surface area contributed by atoms with Crippen molar-refractivity contribution >= 4 is 23.1 Å². The van der Waals surface area contributed by atoms with Gasteiger partial charge in [-0.05, 0) is 31.2 Å². The molecule has 0 saturated carbocycles. The van der Waals surface area contributed by atoms with Crippen molar-refractivity contribution in [3.8, 4) is 5.75 Å². The molecule has 0 aliphatic rings. The minimum absolute atomic E-state index is 0.559. The quantitative estimate of drug-likeness (QED) is 0.908. The molecule has 0 bridgehead atoms. The van der Waals surface area contributed by atoms with Gasteiger partial charge in [0.05, 0.1) is 12.1 Å². The minimum atomic E-state index is 0.559. The number of nitrogens with one attached hydrogen (secondary N) is 1. The Balaban J connectivity index is 2.22. The van der Waals surface area contributed by atoms with Crippen LogP contribution in [-0.4, -0.2) is 17.1 Å². The third kappa shape index (κ3) is 2.85. The van der Waals surface area contributed by atoms with Gasteiger partial charge in [0.2, 0.25) is 0 Å². The number of halogens is 1. The second kappa shape index (κ2) is 5.01. The molecule has 1 aromatic heterocycles. The highest BCUT2D eigenvalue weighted by Crippen LogP contribution is 2.28. The van der Waals surface area contributed by atoms with E-state index in [2.05, 4.69) is 15.3 Å². The highest BCUT2D eigenvalue weighted by molar-refractivity contribution is 6.32. The summed E-state index contributed by atoms with van der Waals surface area (Å²) in [6.07, 6.45) is 1.70. The second-order valence-electron chi connectivity index (χ2n) is 3.46.